The predicted molar refractivity (Wildman–Crippen MR) is 103 cm³/mol. The lowest BCUT2D eigenvalue weighted by molar-refractivity contribution is -0.133. The van der Waals surface area contributed by atoms with Gasteiger partial charge in [0.25, 0.3) is 0 Å². The monoisotopic (exact) mass is 350 g/mol. The first-order valence-corrected chi connectivity index (χ1v) is 9.25. The topological polar surface area (TPSA) is 63.4 Å². The van der Waals surface area contributed by atoms with Crippen LogP contribution in [0.25, 0.3) is 0 Å². The maximum atomic E-state index is 12.6. The maximum Gasteiger partial charge on any atom is 0.222 e. The summed E-state index contributed by atoms with van der Waals surface area (Å²) in [5.74, 6) is -0.0905. The van der Waals surface area contributed by atoms with E-state index in [1.54, 1.807) is 0 Å². The summed E-state index contributed by atoms with van der Waals surface area (Å²) in [5.41, 5.74) is 7.62. The van der Waals surface area contributed by atoms with Crippen LogP contribution in [0.2, 0.25) is 0 Å². The van der Waals surface area contributed by atoms with E-state index in [1.165, 1.54) is 5.56 Å². The summed E-state index contributed by atoms with van der Waals surface area (Å²) >= 11 is 0. The highest BCUT2D eigenvalue weighted by atomic mass is 16.2. The van der Waals surface area contributed by atoms with Gasteiger partial charge in [-0.15, -0.1) is 0 Å². The summed E-state index contributed by atoms with van der Waals surface area (Å²) in [5, 5.41) is 0. The molecule has 2 aromatic rings. The Hall–Kier alpha value is -2.62. The molecule has 0 radical (unpaired) electrons. The molecular formula is C22H26N2O2. The van der Waals surface area contributed by atoms with Gasteiger partial charge >= 0.3 is 0 Å². The van der Waals surface area contributed by atoms with Crippen LogP contribution in [-0.2, 0) is 21.4 Å². The fourth-order valence-electron chi connectivity index (χ4n) is 3.93. The van der Waals surface area contributed by atoms with E-state index in [0.717, 1.165) is 24.8 Å². The third-order valence-electron chi connectivity index (χ3n) is 5.44. The minimum atomic E-state index is -0.280. The Kier molecular flexibility index (Phi) is 5.71. The number of primary amides is 1. The SMILES string of the molecule is NC(=O)CC1(c2ccccc2)CCN(C(=O)CCc2ccccc2)CC1. The second-order valence-electron chi connectivity index (χ2n) is 7.16. The van der Waals surface area contributed by atoms with Crippen LogP contribution in [0, 0.1) is 0 Å². The number of amides is 2. The first-order chi connectivity index (χ1) is 12.6. The molecule has 2 N–H and O–H groups in total. The minimum absolute atomic E-state index is 0.189. The standard InChI is InChI=1S/C22H26N2O2/c23-20(25)17-22(19-9-5-2-6-10-19)13-15-24(16-14-22)21(26)12-11-18-7-3-1-4-8-18/h1-10H,11-17H2,(H2,23,25). The van der Waals surface area contributed by atoms with E-state index in [9.17, 15) is 9.59 Å². The van der Waals surface area contributed by atoms with Gasteiger partial charge in [-0.3, -0.25) is 9.59 Å². The van der Waals surface area contributed by atoms with E-state index in [-0.39, 0.29) is 17.2 Å². The second-order valence-corrected chi connectivity index (χ2v) is 7.16. The van der Waals surface area contributed by atoms with Crippen molar-refractivity contribution in [3.05, 3.63) is 71.8 Å². The number of nitrogens with two attached hydrogens (primary N) is 1. The lowest BCUT2D eigenvalue weighted by Gasteiger charge is -2.42. The second kappa shape index (κ2) is 8.17. The van der Waals surface area contributed by atoms with Crippen LogP contribution in [0.15, 0.2) is 60.7 Å². The zero-order chi connectivity index (χ0) is 18.4. The molecule has 0 saturated carbocycles. The van der Waals surface area contributed by atoms with Crippen LogP contribution in [0.3, 0.4) is 0 Å². The summed E-state index contributed by atoms with van der Waals surface area (Å²) in [6, 6.07) is 20.2. The van der Waals surface area contributed by atoms with Crippen LogP contribution in [-0.4, -0.2) is 29.8 Å². The Balaban J connectivity index is 1.62. The van der Waals surface area contributed by atoms with E-state index in [2.05, 4.69) is 24.3 Å². The Morgan fingerprint density at radius 2 is 1.50 bits per heavy atom. The van der Waals surface area contributed by atoms with E-state index in [4.69, 9.17) is 5.73 Å². The zero-order valence-corrected chi connectivity index (χ0v) is 15.1. The molecule has 1 fully saturated rings. The summed E-state index contributed by atoms with van der Waals surface area (Å²) in [4.78, 5) is 26.2. The van der Waals surface area contributed by atoms with Crippen molar-refractivity contribution < 1.29 is 9.59 Å². The number of benzene rings is 2. The fourth-order valence-corrected chi connectivity index (χ4v) is 3.93. The molecule has 1 aliphatic rings. The van der Waals surface area contributed by atoms with E-state index in [1.807, 2.05) is 41.3 Å². The predicted octanol–water partition coefficient (Wildman–Crippen LogP) is 3.06. The minimum Gasteiger partial charge on any atom is -0.370 e. The lowest BCUT2D eigenvalue weighted by Crippen LogP contribution is -2.46. The molecule has 26 heavy (non-hydrogen) atoms. The molecule has 2 amide bonds. The van der Waals surface area contributed by atoms with Crippen molar-refractivity contribution in [2.45, 2.75) is 37.5 Å². The molecule has 4 heteroatoms. The summed E-state index contributed by atoms with van der Waals surface area (Å²) in [7, 11) is 0. The van der Waals surface area contributed by atoms with Gasteiger partial charge in [0, 0.05) is 31.3 Å². The van der Waals surface area contributed by atoms with Crippen molar-refractivity contribution in [3.63, 3.8) is 0 Å². The summed E-state index contributed by atoms with van der Waals surface area (Å²) in [6.45, 7) is 1.35. The first-order valence-electron chi connectivity index (χ1n) is 9.25. The van der Waals surface area contributed by atoms with E-state index < -0.39 is 0 Å². The van der Waals surface area contributed by atoms with Gasteiger partial charge in [0.2, 0.25) is 11.8 Å². The molecule has 1 heterocycles. The summed E-state index contributed by atoms with van der Waals surface area (Å²) < 4.78 is 0. The molecule has 0 bridgehead atoms. The van der Waals surface area contributed by atoms with Crippen molar-refractivity contribution in [2.75, 3.05) is 13.1 Å². The van der Waals surface area contributed by atoms with Crippen molar-refractivity contribution in [3.8, 4) is 0 Å². The average Bonchev–Trinajstić information content (AvgIpc) is 2.68. The third kappa shape index (κ3) is 4.31. The zero-order valence-electron chi connectivity index (χ0n) is 15.1. The number of piperidine rings is 1. The van der Waals surface area contributed by atoms with Gasteiger partial charge in [-0.2, -0.15) is 0 Å². The molecule has 136 valence electrons. The Morgan fingerprint density at radius 3 is 2.08 bits per heavy atom. The highest BCUT2D eigenvalue weighted by Gasteiger charge is 2.38. The van der Waals surface area contributed by atoms with Gasteiger partial charge in [-0.1, -0.05) is 60.7 Å². The molecule has 4 nitrogen and oxygen atoms in total. The Bertz CT molecular complexity index is 735. The molecule has 2 aromatic carbocycles. The van der Waals surface area contributed by atoms with Gasteiger partial charge in [0.1, 0.15) is 0 Å². The lowest BCUT2D eigenvalue weighted by atomic mass is 9.70. The third-order valence-corrected chi connectivity index (χ3v) is 5.44. The number of rotatable bonds is 6. The van der Waals surface area contributed by atoms with Crippen molar-refractivity contribution in [1.29, 1.82) is 0 Å². The van der Waals surface area contributed by atoms with Crippen LogP contribution in [0.5, 0.6) is 0 Å². The van der Waals surface area contributed by atoms with Gasteiger partial charge in [-0.05, 0) is 30.4 Å². The van der Waals surface area contributed by atoms with Crippen molar-refractivity contribution in [1.82, 2.24) is 4.90 Å². The number of likely N-dealkylation sites (tertiary alicyclic amines) is 1. The summed E-state index contributed by atoms with van der Waals surface area (Å²) in [6.07, 6.45) is 3.18. The van der Waals surface area contributed by atoms with Gasteiger partial charge in [0.15, 0.2) is 0 Å². The molecule has 0 aromatic heterocycles. The first kappa shape index (κ1) is 18.2. The van der Waals surface area contributed by atoms with Crippen LogP contribution in [0.1, 0.15) is 36.8 Å². The number of nitrogens with zero attached hydrogens (tertiary/aromatic N) is 1. The quantitative estimate of drug-likeness (QED) is 0.870. The molecular weight excluding hydrogens is 324 g/mol. The Labute approximate surface area is 155 Å². The molecule has 0 unspecified atom stereocenters. The fraction of sp³-hybridized carbons (Fsp3) is 0.364. The van der Waals surface area contributed by atoms with Crippen LogP contribution in [0.4, 0.5) is 0 Å². The van der Waals surface area contributed by atoms with Crippen molar-refractivity contribution >= 4 is 11.8 Å². The Morgan fingerprint density at radius 1 is 0.923 bits per heavy atom. The van der Waals surface area contributed by atoms with Gasteiger partial charge in [-0.25, -0.2) is 0 Å². The number of aryl methyl sites for hydroxylation is 1. The highest BCUT2D eigenvalue weighted by Crippen LogP contribution is 2.38. The molecule has 0 aliphatic carbocycles. The van der Waals surface area contributed by atoms with E-state index in [0.29, 0.717) is 25.9 Å². The smallest absolute Gasteiger partial charge is 0.222 e. The number of hydrogen-bond donors (Lipinski definition) is 1. The van der Waals surface area contributed by atoms with Crippen LogP contribution >= 0.6 is 0 Å². The van der Waals surface area contributed by atoms with E-state index >= 15 is 0 Å². The number of hydrogen-bond acceptors (Lipinski definition) is 2. The number of carbonyl (C=O) groups is 2. The molecule has 3 rings (SSSR count). The van der Waals surface area contributed by atoms with Crippen LogP contribution < -0.4 is 5.73 Å². The largest absolute Gasteiger partial charge is 0.370 e. The van der Waals surface area contributed by atoms with Crippen molar-refractivity contribution in [2.24, 2.45) is 5.73 Å². The maximum absolute atomic E-state index is 12.6. The normalized spacial score (nSPS) is 16.2. The highest BCUT2D eigenvalue weighted by molar-refractivity contribution is 5.77. The number of carbonyl (C=O) groups excluding carboxylic acids is 2. The molecule has 0 spiro atoms. The van der Waals surface area contributed by atoms with Gasteiger partial charge in [0.05, 0.1) is 0 Å². The van der Waals surface area contributed by atoms with Gasteiger partial charge < -0.3 is 10.6 Å². The molecule has 1 aliphatic heterocycles. The average molecular weight is 350 g/mol. The molecule has 0 atom stereocenters. The molecule has 1 saturated heterocycles.